The number of benzene rings is 3. The topological polar surface area (TPSA) is 0 Å². The maximum absolute atomic E-state index is 7.87. The first-order valence-corrected chi connectivity index (χ1v) is 29.7. The Morgan fingerprint density at radius 1 is 0.750 bits per heavy atom. The van der Waals surface area contributed by atoms with Crippen LogP contribution in [0.5, 0.6) is 0 Å². The molecule has 0 aliphatic heterocycles. The summed E-state index contributed by atoms with van der Waals surface area (Å²) >= 11 is -3.91. The summed E-state index contributed by atoms with van der Waals surface area (Å²) in [7, 11) is 7.87. The van der Waals surface area contributed by atoms with Crippen LogP contribution in [0.4, 0.5) is 0 Å². The van der Waals surface area contributed by atoms with Crippen molar-refractivity contribution in [2.45, 2.75) is 12.0 Å². The van der Waals surface area contributed by atoms with E-state index >= 15 is 0 Å². The maximum atomic E-state index is 7.87. The Morgan fingerprint density at radius 3 is 1.79 bits per heavy atom. The van der Waals surface area contributed by atoms with E-state index in [1.807, 2.05) is 0 Å². The van der Waals surface area contributed by atoms with Crippen molar-refractivity contribution >= 4 is 46.4 Å². The van der Waals surface area contributed by atoms with Crippen molar-refractivity contribution in [2.24, 2.45) is 0 Å². The van der Waals surface area contributed by atoms with Crippen LogP contribution in [0.15, 0.2) is 78.9 Å². The zero-order chi connectivity index (χ0) is 18.0. The minimum absolute atomic E-state index is 0. The van der Waals surface area contributed by atoms with Gasteiger partial charge < -0.3 is 0 Å². The third kappa shape index (κ3) is 3.13. The van der Waals surface area contributed by atoms with E-state index < -0.39 is 15.9 Å². The number of allylic oxidation sites excluding steroid dienone is 1. The molecule has 0 amide bonds. The molecule has 0 heterocycles. The van der Waals surface area contributed by atoms with Crippen molar-refractivity contribution in [1.29, 1.82) is 0 Å². The van der Waals surface area contributed by atoms with Crippen LogP contribution in [-0.2, 0) is 15.9 Å². The van der Waals surface area contributed by atoms with Crippen molar-refractivity contribution in [3.8, 4) is 11.1 Å². The molecule has 0 aromatic heterocycles. The first-order valence-electron chi connectivity index (χ1n) is 9.17. The first kappa shape index (κ1) is 22.1. The molecule has 28 heavy (non-hydrogen) atoms. The summed E-state index contributed by atoms with van der Waals surface area (Å²) in [4.78, 5) is 0. The van der Waals surface area contributed by atoms with Crippen molar-refractivity contribution in [2.75, 3.05) is 0 Å². The van der Waals surface area contributed by atoms with Crippen LogP contribution in [0.25, 0.3) is 17.2 Å². The molecule has 2 aliphatic rings. The van der Waals surface area contributed by atoms with Gasteiger partial charge in [0.15, 0.2) is 0 Å². The molecule has 3 aromatic carbocycles. The van der Waals surface area contributed by atoms with Crippen molar-refractivity contribution in [3.63, 3.8) is 0 Å². The molecule has 0 saturated heterocycles. The van der Waals surface area contributed by atoms with E-state index in [4.69, 9.17) is 8.58 Å². The quantitative estimate of drug-likeness (QED) is 0.279. The molecule has 0 bridgehead atoms. The van der Waals surface area contributed by atoms with E-state index in [0.29, 0.717) is 7.35 Å². The van der Waals surface area contributed by atoms with E-state index in [-0.39, 0.29) is 24.8 Å². The molecule has 0 spiro atoms. The second-order valence-corrected chi connectivity index (χ2v) is 55.0. The number of hydrogen-bond donors (Lipinski definition) is 0. The zero-order valence-electron chi connectivity index (χ0n) is 15.6. The van der Waals surface area contributed by atoms with Crippen LogP contribution in [0.2, 0.25) is 4.68 Å². The van der Waals surface area contributed by atoms with E-state index in [1.54, 1.807) is 0 Å². The summed E-state index contributed by atoms with van der Waals surface area (Å²) < 4.78 is 3.20. The normalized spacial score (nSPS) is 17.2. The van der Waals surface area contributed by atoms with Crippen molar-refractivity contribution < 1.29 is 15.9 Å². The van der Waals surface area contributed by atoms with Gasteiger partial charge >= 0.3 is 162 Å². The fourth-order valence-corrected chi connectivity index (χ4v) is 30.2. The Morgan fingerprint density at radius 2 is 1.21 bits per heavy atom. The SMILES string of the molecule is Cl.Cl.[CH3][Hf](=[SiH2])([Cl])([CH]1C=Cc2ccccc21)[CH]1c2ccccc2-c2ccccc21. The molecule has 3 aromatic rings. The van der Waals surface area contributed by atoms with Gasteiger partial charge in [0, 0.05) is 0 Å². The van der Waals surface area contributed by atoms with Crippen LogP contribution < -0.4 is 0 Å². The van der Waals surface area contributed by atoms with Crippen LogP contribution >= 0.6 is 33.4 Å². The molecule has 0 N–H and O–H groups in total. The molecule has 5 rings (SSSR count). The second kappa shape index (κ2) is 7.56. The molecular formula is C23H23Cl3HfSi. The molecule has 2 aliphatic carbocycles. The number of rotatable bonds is 2. The average Bonchev–Trinajstić information content (AvgIpc) is 3.22. The Bertz CT molecular complexity index is 1100. The number of halogens is 3. The van der Waals surface area contributed by atoms with Gasteiger partial charge in [-0.1, -0.05) is 0 Å². The molecule has 1 atom stereocenters. The van der Waals surface area contributed by atoms with E-state index in [2.05, 4.69) is 96.6 Å². The minimum atomic E-state index is -3.91. The molecule has 0 radical (unpaired) electrons. The van der Waals surface area contributed by atoms with Crippen LogP contribution in [0, 0.1) is 0 Å². The van der Waals surface area contributed by atoms with Crippen LogP contribution in [0.1, 0.15) is 29.6 Å². The van der Waals surface area contributed by atoms with Gasteiger partial charge in [0.05, 0.1) is 0 Å². The number of hydrogen-bond acceptors (Lipinski definition) is 0. The van der Waals surface area contributed by atoms with Crippen LogP contribution in [0.3, 0.4) is 0 Å². The summed E-state index contributed by atoms with van der Waals surface area (Å²) in [6.45, 7) is 2.17. The fraction of sp³-hybridized carbons (Fsp3) is 0.130. The number of fused-ring (bicyclic) bond motifs is 4. The third-order valence-corrected chi connectivity index (χ3v) is 32.4. The van der Waals surface area contributed by atoms with Gasteiger partial charge in [-0.15, -0.1) is 24.8 Å². The van der Waals surface area contributed by atoms with E-state index in [1.165, 1.54) is 33.4 Å². The zero-order valence-corrected chi connectivity index (χ0v) is 23.0. The third-order valence-electron chi connectivity index (χ3n) is 6.23. The summed E-state index contributed by atoms with van der Waals surface area (Å²) in [5.41, 5.74) is 8.40. The van der Waals surface area contributed by atoms with Gasteiger partial charge in [0.1, 0.15) is 0 Å². The monoisotopic (exact) mass is 612 g/mol. The molecule has 0 fully saturated rings. The molecule has 144 valence electrons. The second-order valence-electron chi connectivity index (χ2n) is 8.12. The van der Waals surface area contributed by atoms with Gasteiger partial charge in [-0.05, 0) is 0 Å². The van der Waals surface area contributed by atoms with E-state index in [0.717, 1.165) is 0 Å². The fourth-order valence-electron chi connectivity index (χ4n) is 5.08. The summed E-state index contributed by atoms with van der Waals surface area (Å²) in [5.74, 6) is 0. The van der Waals surface area contributed by atoms with Gasteiger partial charge in [-0.3, -0.25) is 0 Å². The molecule has 0 nitrogen and oxygen atoms in total. The van der Waals surface area contributed by atoms with Crippen molar-refractivity contribution in [3.05, 3.63) is 101 Å². The summed E-state index contributed by atoms with van der Waals surface area (Å²) in [5, 5.41) is 0. The van der Waals surface area contributed by atoms with Gasteiger partial charge in [-0.2, -0.15) is 0 Å². The molecule has 1 unspecified atom stereocenters. The Labute approximate surface area is 185 Å². The van der Waals surface area contributed by atoms with Gasteiger partial charge in [0.25, 0.3) is 0 Å². The average molecular weight is 612 g/mol. The molecule has 5 heteroatoms. The van der Waals surface area contributed by atoms with E-state index in [9.17, 15) is 0 Å². The summed E-state index contributed by atoms with van der Waals surface area (Å²) in [6.07, 6.45) is 4.67. The molecular weight excluding hydrogens is 589 g/mol. The van der Waals surface area contributed by atoms with Gasteiger partial charge in [0.2, 0.25) is 0 Å². The summed E-state index contributed by atoms with van der Waals surface area (Å²) in [6, 6.07) is 26.6. The standard InChI is InChI=1S/C13H9.C9H7.CH3.3ClH.Hf.H2Si/c1-3-7-12-10(5-1)9-11-6-2-4-8-13(11)12;1-2-5-9-7-3-6-8(9)4-1;;;;;;/h1-9H;1-7H;1H3;3*1H;;1H2/q;;;;;;+1;/p-1. The Balaban J connectivity index is 0.00000112. The Kier molecular flexibility index (Phi) is 5.95. The molecule has 0 saturated carbocycles. The predicted molar refractivity (Wildman–Crippen MR) is 127 cm³/mol. The Hall–Kier alpha value is -0.643. The predicted octanol–water partition coefficient (Wildman–Crippen LogP) is 6.81. The van der Waals surface area contributed by atoms with Crippen molar-refractivity contribution in [1.82, 2.24) is 0 Å². The first-order chi connectivity index (χ1) is 12.5. The van der Waals surface area contributed by atoms with Gasteiger partial charge in [-0.25, -0.2) is 0 Å². The van der Waals surface area contributed by atoms with Crippen LogP contribution in [-0.4, -0.2) is 6.94 Å².